The van der Waals surface area contributed by atoms with Crippen LogP contribution in [-0.2, 0) is 10.1 Å². The molecule has 1 N–H and O–H groups in total. The van der Waals surface area contributed by atoms with Crippen LogP contribution in [-0.4, -0.2) is 18.7 Å². The molecule has 0 aliphatic heterocycles. The Balaban J connectivity index is 4.04. The van der Waals surface area contributed by atoms with Crippen molar-refractivity contribution >= 4 is 10.1 Å². The van der Waals surface area contributed by atoms with Gasteiger partial charge in [-0.15, -0.1) is 12.3 Å². The van der Waals surface area contributed by atoms with Crippen LogP contribution in [0.15, 0.2) is 0 Å². The van der Waals surface area contributed by atoms with Gasteiger partial charge in [-0.1, -0.05) is 6.92 Å². The second-order valence-corrected chi connectivity index (χ2v) is 3.52. The Labute approximate surface area is 61.2 Å². The van der Waals surface area contributed by atoms with Crippen molar-refractivity contribution < 1.29 is 13.0 Å². The van der Waals surface area contributed by atoms with Gasteiger partial charge in [-0.3, -0.25) is 4.55 Å². The zero-order valence-electron chi connectivity index (χ0n) is 5.74. The highest BCUT2D eigenvalue weighted by atomic mass is 32.2. The monoisotopic (exact) mass is 162 g/mol. The van der Waals surface area contributed by atoms with Gasteiger partial charge in [0, 0.05) is 5.92 Å². The molecule has 0 spiro atoms. The summed E-state index contributed by atoms with van der Waals surface area (Å²) in [5.74, 6) is 1.57. The third-order valence-electron chi connectivity index (χ3n) is 1.14. The Morgan fingerprint density at radius 2 is 2.20 bits per heavy atom. The standard InChI is InChI=1S/C6H10O3S/c1-3-6(4-2)5-10(7,8)9/h1,6H,4-5H2,2H3,(H,7,8,9). The molecular formula is C6H10O3S. The Morgan fingerprint density at radius 3 is 2.30 bits per heavy atom. The minimum Gasteiger partial charge on any atom is -0.286 e. The first-order chi connectivity index (χ1) is 4.49. The van der Waals surface area contributed by atoms with E-state index in [1.54, 1.807) is 6.92 Å². The molecule has 0 heterocycles. The molecule has 0 aliphatic carbocycles. The Kier molecular flexibility index (Phi) is 3.40. The van der Waals surface area contributed by atoms with E-state index in [1.165, 1.54) is 0 Å². The van der Waals surface area contributed by atoms with Crippen LogP contribution in [0.1, 0.15) is 13.3 Å². The van der Waals surface area contributed by atoms with Crippen LogP contribution in [0.25, 0.3) is 0 Å². The number of hydrogen-bond donors (Lipinski definition) is 1. The summed E-state index contributed by atoms with van der Waals surface area (Å²) in [6.07, 6.45) is 5.53. The SMILES string of the molecule is C#CC(CC)CS(=O)(=O)O. The highest BCUT2D eigenvalue weighted by Gasteiger charge is 2.11. The molecule has 0 bridgehead atoms. The third-order valence-corrected chi connectivity index (χ3v) is 1.96. The lowest BCUT2D eigenvalue weighted by Crippen LogP contribution is -2.12. The second-order valence-electron chi connectivity index (χ2n) is 2.02. The molecular weight excluding hydrogens is 152 g/mol. The fourth-order valence-electron chi connectivity index (χ4n) is 0.538. The molecule has 4 heteroatoms. The lowest BCUT2D eigenvalue weighted by atomic mass is 10.1. The summed E-state index contributed by atoms with van der Waals surface area (Å²) in [6, 6.07) is 0. The summed E-state index contributed by atoms with van der Waals surface area (Å²) < 4.78 is 28.8. The van der Waals surface area contributed by atoms with Gasteiger partial charge in [0.15, 0.2) is 0 Å². The third kappa shape index (κ3) is 4.36. The largest absolute Gasteiger partial charge is 0.286 e. The van der Waals surface area contributed by atoms with Crippen molar-refractivity contribution in [1.29, 1.82) is 0 Å². The first-order valence-electron chi connectivity index (χ1n) is 2.91. The molecule has 1 atom stereocenters. The van der Waals surface area contributed by atoms with Crippen molar-refractivity contribution in [2.45, 2.75) is 13.3 Å². The molecule has 3 nitrogen and oxygen atoms in total. The highest BCUT2D eigenvalue weighted by Crippen LogP contribution is 2.02. The number of hydrogen-bond acceptors (Lipinski definition) is 2. The van der Waals surface area contributed by atoms with E-state index in [0.717, 1.165) is 0 Å². The van der Waals surface area contributed by atoms with E-state index in [4.69, 9.17) is 11.0 Å². The van der Waals surface area contributed by atoms with Crippen LogP contribution in [0.4, 0.5) is 0 Å². The number of rotatable bonds is 3. The molecule has 0 rings (SSSR count). The van der Waals surface area contributed by atoms with Crippen LogP contribution >= 0.6 is 0 Å². The first kappa shape index (κ1) is 9.47. The van der Waals surface area contributed by atoms with Gasteiger partial charge in [0.05, 0.1) is 5.75 Å². The second kappa shape index (κ2) is 3.59. The predicted molar refractivity (Wildman–Crippen MR) is 39.0 cm³/mol. The molecule has 0 radical (unpaired) electrons. The molecule has 1 unspecified atom stereocenters. The minimum absolute atomic E-state index is 0.333. The normalized spacial score (nSPS) is 14.1. The van der Waals surface area contributed by atoms with Gasteiger partial charge >= 0.3 is 0 Å². The first-order valence-corrected chi connectivity index (χ1v) is 4.51. The molecule has 0 saturated carbocycles. The maximum absolute atomic E-state index is 10.2. The fraction of sp³-hybridized carbons (Fsp3) is 0.667. The maximum atomic E-state index is 10.2. The number of terminal acetylenes is 1. The maximum Gasteiger partial charge on any atom is 0.266 e. The molecule has 0 aliphatic rings. The van der Waals surface area contributed by atoms with E-state index < -0.39 is 10.1 Å². The fourth-order valence-corrected chi connectivity index (χ4v) is 1.38. The van der Waals surface area contributed by atoms with E-state index in [2.05, 4.69) is 5.92 Å². The van der Waals surface area contributed by atoms with Crippen molar-refractivity contribution in [3.8, 4) is 12.3 Å². The molecule has 0 saturated heterocycles. The smallest absolute Gasteiger partial charge is 0.266 e. The van der Waals surface area contributed by atoms with Crippen molar-refractivity contribution in [2.75, 3.05) is 5.75 Å². The van der Waals surface area contributed by atoms with Crippen molar-refractivity contribution in [1.82, 2.24) is 0 Å². The summed E-state index contributed by atoms with van der Waals surface area (Å²) >= 11 is 0. The van der Waals surface area contributed by atoms with Crippen molar-refractivity contribution in [3.63, 3.8) is 0 Å². The lowest BCUT2D eigenvalue weighted by Gasteiger charge is -2.02. The lowest BCUT2D eigenvalue weighted by molar-refractivity contribution is 0.474. The van der Waals surface area contributed by atoms with E-state index >= 15 is 0 Å². The van der Waals surface area contributed by atoms with E-state index in [9.17, 15) is 8.42 Å². The van der Waals surface area contributed by atoms with Crippen LogP contribution in [0, 0.1) is 18.3 Å². The Morgan fingerprint density at radius 1 is 1.70 bits per heavy atom. The van der Waals surface area contributed by atoms with Crippen molar-refractivity contribution in [3.05, 3.63) is 0 Å². The van der Waals surface area contributed by atoms with Crippen LogP contribution in [0.2, 0.25) is 0 Å². The van der Waals surface area contributed by atoms with Gasteiger partial charge in [0.1, 0.15) is 0 Å². The van der Waals surface area contributed by atoms with Gasteiger partial charge in [0.25, 0.3) is 10.1 Å². The zero-order chi connectivity index (χ0) is 8.20. The summed E-state index contributed by atoms with van der Waals surface area (Å²) in [5.41, 5.74) is 0. The van der Waals surface area contributed by atoms with Gasteiger partial charge in [-0.2, -0.15) is 8.42 Å². The molecule has 10 heavy (non-hydrogen) atoms. The summed E-state index contributed by atoms with van der Waals surface area (Å²) in [6.45, 7) is 1.77. The van der Waals surface area contributed by atoms with Gasteiger partial charge in [-0.25, -0.2) is 0 Å². The molecule has 0 fully saturated rings. The topological polar surface area (TPSA) is 54.4 Å². The van der Waals surface area contributed by atoms with Gasteiger partial charge in [0.2, 0.25) is 0 Å². The summed E-state index contributed by atoms with van der Waals surface area (Å²) in [7, 11) is -3.89. The van der Waals surface area contributed by atoms with E-state index in [1.807, 2.05) is 0 Å². The quantitative estimate of drug-likeness (QED) is 0.486. The predicted octanol–water partition coefficient (Wildman–Crippen LogP) is 0.534. The van der Waals surface area contributed by atoms with E-state index in [-0.39, 0.29) is 11.7 Å². The summed E-state index contributed by atoms with van der Waals surface area (Å²) in [4.78, 5) is 0. The molecule has 0 aromatic heterocycles. The Bertz CT molecular complexity index is 222. The highest BCUT2D eigenvalue weighted by molar-refractivity contribution is 7.85. The summed E-state index contributed by atoms with van der Waals surface area (Å²) in [5, 5.41) is 0. The van der Waals surface area contributed by atoms with Gasteiger partial charge < -0.3 is 0 Å². The molecule has 0 amide bonds. The molecule has 58 valence electrons. The Hall–Kier alpha value is -0.530. The van der Waals surface area contributed by atoms with Crippen LogP contribution in [0.5, 0.6) is 0 Å². The molecule has 0 aromatic rings. The van der Waals surface area contributed by atoms with Crippen LogP contribution in [0.3, 0.4) is 0 Å². The average molecular weight is 162 g/mol. The van der Waals surface area contributed by atoms with Crippen molar-refractivity contribution in [2.24, 2.45) is 5.92 Å². The zero-order valence-corrected chi connectivity index (χ0v) is 6.56. The minimum atomic E-state index is -3.89. The van der Waals surface area contributed by atoms with E-state index in [0.29, 0.717) is 6.42 Å². The average Bonchev–Trinajstić information content (AvgIpc) is 1.81. The van der Waals surface area contributed by atoms with Crippen LogP contribution < -0.4 is 0 Å². The molecule has 0 aromatic carbocycles. The van der Waals surface area contributed by atoms with Gasteiger partial charge in [-0.05, 0) is 6.42 Å².